The standard InChI is InChI=1S/C12H18BNO4S/c1-14(12-5-6-19(17,18)9-12)8-10-3-2-4-11(7-10)13(15)16/h2-4,7,12,15-16H,5-6,8-9H2,1H3. The predicted octanol–water partition coefficient (Wildman–Crippen LogP) is -1.01. The van der Waals surface area contributed by atoms with Crippen molar-refractivity contribution in [2.45, 2.75) is 19.0 Å². The van der Waals surface area contributed by atoms with Gasteiger partial charge in [-0.15, -0.1) is 0 Å². The van der Waals surface area contributed by atoms with E-state index in [0.717, 1.165) is 5.56 Å². The molecule has 2 N–H and O–H groups in total. The Labute approximate surface area is 113 Å². The van der Waals surface area contributed by atoms with Gasteiger partial charge in [0.05, 0.1) is 11.5 Å². The molecule has 1 aromatic carbocycles. The zero-order valence-electron chi connectivity index (χ0n) is 10.9. The zero-order chi connectivity index (χ0) is 14.0. The molecule has 104 valence electrons. The normalized spacial score (nSPS) is 21.8. The first kappa shape index (κ1) is 14.5. The molecule has 1 fully saturated rings. The summed E-state index contributed by atoms with van der Waals surface area (Å²) in [5.74, 6) is 0.475. The molecule has 1 aromatic rings. The monoisotopic (exact) mass is 283 g/mol. The van der Waals surface area contributed by atoms with Crippen molar-refractivity contribution in [3.05, 3.63) is 29.8 Å². The minimum absolute atomic E-state index is 0.0488. The van der Waals surface area contributed by atoms with Crippen LogP contribution in [0.4, 0.5) is 0 Å². The highest BCUT2D eigenvalue weighted by Crippen LogP contribution is 2.18. The fraction of sp³-hybridized carbons (Fsp3) is 0.500. The van der Waals surface area contributed by atoms with Crippen molar-refractivity contribution < 1.29 is 18.5 Å². The molecule has 2 rings (SSSR count). The summed E-state index contributed by atoms with van der Waals surface area (Å²) in [6.07, 6.45) is 0.668. The summed E-state index contributed by atoms with van der Waals surface area (Å²) in [5.41, 5.74) is 1.39. The molecule has 0 saturated carbocycles. The van der Waals surface area contributed by atoms with Crippen molar-refractivity contribution in [1.29, 1.82) is 0 Å². The van der Waals surface area contributed by atoms with E-state index in [1.165, 1.54) is 0 Å². The summed E-state index contributed by atoms with van der Waals surface area (Å²) < 4.78 is 22.9. The van der Waals surface area contributed by atoms with Gasteiger partial charge in [0.2, 0.25) is 0 Å². The van der Waals surface area contributed by atoms with Crippen LogP contribution in [0.5, 0.6) is 0 Å². The predicted molar refractivity (Wildman–Crippen MR) is 74.8 cm³/mol. The number of nitrogens with zero attached hydrogens (tertiary/aromatic N) is 1. The van der Waals surface area contributed by atoms with E-state index in [2.05, 4.69) is 0 Å². The van der Waals surface area contributed by atoms with Crippen LogP contribution < -0.4 is 5.46 Å². The van der Waals surface area contributed by atoms with E-state index in [4.69, 9.17) is 10.0 Å². The lowest BCUT2D eigenvalue weighted by molar-refractivity contribution is 0.254. The molecule has 0 aliphatic carbocycles. The van der Waals surface area contributed by atoms with Crippen LogP contribution in [0, 0.1) is 0 Å². The number of hydrogen-bond acceptors (Lipinski definition) is 5. The molecular formula is C12H18BNO4S. The topological polar surface area (TPSA) is 77.8 Å². The minimum atomic E-state index is -2.88. The molecule has 0 spiro atoms. The first-order valence-electron chi connectivity index (χ1n) is 6.23. The number of sulfone groups is 1. The summed E-state index contributed by atoms with van der Waals surface area (Å²) in [6.45, 7) is 0.598. The molecule has 0 bridgehead atoms. The third-order valence-electron chi connectivity index (χ3n) is 3.51. The van der Waals surface area contributed by atoms with E-state index < -0.39 is 17.0 Å². The molecule has 0 radical (unpaired) electrons. The van der Waals surface area contributed by atoms with Crippen LogP contribution in [0.1, 0.15) is 12.0 Å². The number of benzene rings is 1. The van der Waals surface area contributed by atoms with Gasteiger partial charge in [-0.25, -0.2) is 8.42 Å². The maximum atomic E-state index is 11.4. The summed E-state index contributed by atoms with van der Waals surface area (Å²) in [7, 11) is -2.45. The molecule has 1 aliphatic rings. The quantitative estimate of drug-likeness (QED) is 0.692. The number of rotatable bonds is 4. The minimum Gasteiger partial charge on any atom is -0.423 e. The maximum absolute atomic E-state index is 11.4. The van der Waals surface area contributed by atoms with Crippen molar-refractivity contribution in [1.82, 2.24) is 4.90 Å². The third kappa shape index (κ3) is 3.79. The third-order valence-corrected chi connectivity index (χ3v) is 5.26. The molecule has 5 nitrogen and oxygen atoms in total. The van der Waals surface area contributed by atoms with Gasteiger partial charge in [0.15, 0.2) is 9.84 Å². The first-order valence-corrected chi connectivity index (χ1v) is 8.05. The Kier molecular flexibility index (Phi) is 4.30. The van der Waals surface area contributed by atoms with Gasteiger partial charge in [0, 0.05) is 12.6 Å². The van der Waals surface area contributed by atoms with Gasteiger partial charge in [0.1, 0.15) is 0 Å². The number of hydrogen-bond donors (Lipinski definition) is 2. The van der Waals surface area contributed by atoms with Crippen molar-refractivity contribution in [3.63, 3.8) is 0 Å². The van der Waals surface area contributed by atoms with Gasteiger partial charge >= 0.3 is 7.12 Å². The summed E-state index contributed by atoms with van der Waals surface area (Å²) >= 11 is 0. The first-order chi connectivity index (χ1) is 8.87. The molecular weight excluding hydrogens is 265 g/mol. The molecule has 1 saturated heterocycles. The lowest BCUT2D eigenvalue weighted by Crippen LogP contribution is -2.33. The molecule has 1 heterocycles. The van der Waals surface area contributed by atoms with Gasteiger partial charge < -0.3 is 10.0 Å². The average Bonchev–Trinajstić information content (AvgIpc) is 2.70. The molecule has 7 heteroatoms. The van der Waals surface area contributed by atoms with Crippen LogP contribution in [-0.4, -0.2) is 55.1 Å². The lowest BCUT2D eigenvalue weighted by atomic mass is 9.79. The van der Waals surface area contributed by atoms with Crippen molar-refractivity contribution in [2.24, 2.45) is 0 Å². The van der Waals surface area contributed by atoms with Crippen molar-refractivity contribution in [2.75, 3.05) is 18.6 Å². The molecule has 1 atom stereocenters. The molecule has 19 heavy (non-hydrogen) atoms. The largest absolute Gasteiger partial charge is 0.488 e. The van der Waals surface area contributed by atoms with Crippen LogP contribution in [-0.2, 0) is 16.4 Å². The Balaban J connectivity index is 2.03. The highest BCUT2D eigenvalue weighted by atomic mass is 32.2. The fourth-order valence-electron chi connectivity index (χ4n) is 2.39. The van der Waals surface area contributed by atoms with E-state index >= 15 is 0 Å². The zero-order valence-corrected chi connectivity index (χ0v) is 11.7. The van der Waals surface area contributed by atoms with Gasteiger partial charge in [0.25, 0.3) is 0 Å². The maximum Gasteiger partial charge on any atom is 0.488 e. The fourth-order valence-corrected chi connectivity index (χ4v) is 4.20. The second-order valence-electron chi connectivity index (χ2n) is 5.09. The van der Waals surface area contributed by atoms with Crippen molar-refractivity contribution >= 4 is 22.4 Å². The summed E-state index contributed by atoms with van der Waals surface area (Å²) in [5, 5.41) is 18.3. The van der Waals surface area contributed by atoms with Crippen LogP contribution in [0.25, 0.3) is 0 Å². The molecule has 0 amide bonds. The highest BCUT2D eigenvalue weighted by molar-refractivity contribution is 7.91. The average molecular weight is 283 g/mol. The Morgan fingerprint density at radius 3 is 2.74 bits per heavy atom. The van der Waals surface area contributed by atoms with Gasteiger partial charge in [-0.3, -0.25) is 4.90 Å². The lowest BCUT2D eigenvalue weighted by Gasteiger charge is -2.23. The van der Waals surface area contributed by atoms with Crippen LogP contribution in [0.15, 0.2) is 24.3 Å². The smallest absolute Gasteiger partial charge is 0.423 e. The summed E-state index contributed by atoms with van der Waals surface area (Å²) in [6, 6.07) is 7.08. The van der Waals surface area contributed by atoms with E-state index in [1.54, 1.807) is 18.2 Å². The SMILES string of the molecule is CN(Cc1cccc(B(O)O)c1)C1CCS(=O)(=O)C1. The van der Waals surface area contributed by atoms with Gasteiger partial charge in [-0.1, -0.05) is 24.3 Å². The molecule has 1 aliphatic heterocycles. The molecule has 0 aromatic heterocycles. The summed E-state index contributed by atoms with van der Waals surface area (Å²) in [4.78, 5) is 2.01. The molecule has 1 unspecified atom stereocenters. The Morgan fingerprint density at radius 2 is 2.16 bits per heavy atom. The van der Waals surface area contributed by atoms with Crippen LogP contribution >= 0.6 is 0 Å². The van der Waals surface area contributed by atoms with Crippen molar-refractivity contribution in [3.8, 4) is 0 Å². The second kappa shape index (κ2) is 5.62. The Hall–Kier alpha value is -0.885. The second-order valence-corrected chi connectivity index (χ2v) is 7.32. The Bertz CT molecular complexity index is 546. The van der Waals surface area contributed by atoms with E-state index in [9.17, 15) is 8.42 Å². The van der Waals surface area contributed by atoms with E-state index in [0.29, 0.717) is 18.4 Å². The van der Waals surface area contributed by atoms with E-state index in [1.807, 2.05) is 18.0 Å². The highest BCUT2D eigenvalue weighted by Gasteiger charge is 2.30. The van der Waals surface area contributed by atoms with Crippen LogP contribution in [0.3, 0.4) is 0 Å². The van der Waals surface area contributed by atoms with Gasteiger partial charge in [-0.05, 0) is 24.5 Å². The van der Waals surface area contributed by atoms with Gasteiger partial charge in [-0.2, -0.15) is 0 Å². The van der Waals surface area contributed by atoms with E-state index in [-0.39, 0.29) is 17.5 Å². The van der Waals surface area contributed by atoms with Crippen LogP contribution in [0.2, 0.25) is 0 Å². The Morgan fingerprint density at radius 1 is 1.42 bits per heavy atom.